The normalized spacial score (nSPS) is 21.7. The zero-order valence-corrected chi connectivity index (χ0v) is 9.46. The van der Waals surface area contributed by atoms with Gasteiger partial charge in [0.2, 0.25) is 11.0 Å². The van der Waals surface area contributed by atoms with Crippen molar-refractivity contribution in [2.45, 2.75) is 19.8 Å². The van der Waals surface area contributed by atoms with Crippen LogP contribution in [0.15, 0.2) is 0 Å². The summed E-state index contributed by atoms with van der Waals surface area (Å²) >= 11 is 1.56. The van der Waals surface area contributed by atoms with E-state index in [-0.39, 0.29) is 11.8 Å². The highest BCUT2D eigenvalue weighted by Crippen LogP contribution is 2.25. The molecule has 1 aromatic heterocycles. The van der Waals surface area contributed by atoms with E-state index in [2.05, 4.69) is 15.1 Å². The number of aromatic nitrogens is 2. The zero-order chi connectivity index (χ0) is 10.8. The second-order valence-electron chi connectivity index (χ2n) is 3.79. The highest BCUT2D eigenvalue weighted by molar-refractivity contribution is 7.15. The number of hydrogen-bond acceptors (Lipinski definition) is 5. The number of nitrogens with zero attached hydrogens (tertiary/aromatic N) is 3. The van der Waals surface area contributed by atoms with Crippen LogP contribution in [0.4, 0.5) is 5.13 Å². The maximum Gasteiger partial charge on any atom is 0.222 e. The van der Waals surface area contributed by atoms with Gasteiger partial charge in [-0.1, -0.05) is 11.3 Å². The number of piperidine rings is 1. The predicted octanol–water partition coefficient (Wildman–Crippen LogP) is 0.548. The van der Waals surface area contributed by atoms with Crippen molar-refractivity contribution in [1.82, 2.24) is 10.2 Å². The molecule has 6 heteroatoms. The van der Waals surface area contributed by atoms with Gasteiger partial charge in [-0.15, -0.1) is 10.2 Å². The van der Waals surface area contributed by atoms with Gasteiger partial charge in [0, 0.05) is 13.1 Å². The molecule has 1 aliphatic heterocycles. The van der Waals surface area contributed by atoms with Gasteiger partial charge in [-0.25, -0.2) is 0 Å². The Bertz CT molecular complexity index is 365. The minimum absolute atomic E-state index is 0.0389. The van der Waals surface area contributed by atoms with E-state index in [1.165, 1.54) is 0 Å². The van der Waals surface area contributed by atoms with Crippen molar-refractivity contribution < 1.29 is 4.79 Å². The molecule has 1 atom stereocenters. The van der Waals surface area contributed by atoms with Crippen molar-refractivity contribution in [2.24, 2.45) is 11.7 Å². The van der Waals surface area contributed by atoms with Gasteiger partial charge in [0.15, 0.2) is 0 Å². The van der Waals surface area contributed by atoms with Crippen LogP contribution in [0.1, 0.15) is 17.8 Å². The van der Waals surface area contributed by atoms with Crippen LogP contribution < -0.4 is 10.6 Å². The first kappa shape index (κ1) is 10.4. The fourth-order valence-corrected chi connectivity index (χ4v) is 2.52. The van der Waals surface area contributed by atoms with E-state index >= 15 is 0 Å². The van der Waals surface area contributed by atoms with E-state index in [4.69, 9.17) is 5.73 Å². The van der Waals surface area contributed by atoms with E-state index < -0.39 is 0 Å². The molecule has 1 unspecified atom stereocenters. The first-order valence-electron chi connectivity index (χ1n) is 5.01. The van der Waals surface area contributed by atoms with Crippen LogP contribution in [0.25, 0.3) is 0 Å². The van der Waals surface area contributed by atoms with Crippen molar-refractivity contribution in [3.63, 3.8) is 0 Å². The third-order valence-corrected chi connectivity index (χ3v) is 3.51. The van der Waals surface area contributed by atoms with Crippen molar-refractivity contribution in [3.05, 3.63) is 5.01 Å². The lowest BCUT2D eigenvalue weighted by Crippen LogP contribution is -2.41. The number of amides is 1. The minimum atomic E-state index is -0.207. The number of anilines is 1. The Hall–Kier alpha value is -1.17. The summed E-state index contributed by atoms with van der Waals surface area (Å²) in [6, 6.07) is 0. The molecule has 1 aliphatic rings. The first-order chi connectivity index (χ1) is 7.16. The maximum absolute atomic E-state index is 11.1. The fraction of sp³-hybridized carbons (Fsp3) is 0.667. The number of hydrogen-bond donors (Lipinski definition) is 1. The Balaban J connectivity index is 2.07. The van der Waals surface area contributed by atoms with E-state index in [1.54, 1.807) is 11.3 Å². The molecule has 2 rings (SSSR count). The molecular weight excluding hydrogens is 212 g/mol. The van der Waals surface area contributed by atoms with E-state index in [0.717, 1.165) is 29.5 Å². The molecule has 0 radical (unpaired) electrons. The quantitative estimate of drug-likeness (QED) is 0.799. The molecule has 0 aromatic carbocycles. The number of nitrogens with two attached hydrogens (primary N) is 1. The molecule has 1 saturated heterocycles. The molecule has 1 amide bonds. The number of primary amides is 1. The topological polar surface area (TPSA) is 72.1 Å². The van der Waals surface area contributed by atoms with Crippen molar-refractivity contribution in [2.75, 3.05) is 18.0 Å². The lowest BCUT2D eigenvalue weighted by molar-refractivity contribution is -0.122. The molecule has 15 heavy (non-hydrogen) atoms. The summed E-state index contributed by atoms with van der Waals surface area (Å²) < 4.78 is 0. The molecule has 0 bridgehead atoms. The lowest BCUT2D eigenvalue weighted by Gasteiger charge is -2.30. The smallest absolute Gasteiger partial charge is 0.222 e. The van der Waals surface area contributed by atoms with Crippen molar-refractivity contribution in [3.8, 4) is 0 Å². The molecule has 5 nitrogen and oxygen atoms in total. The summed E-state index contributed by atoms with van der Waals surface area (Å²) in [6.07, 6.45) is 1.88. The van der Waals surface area contributed by atoms with E-state index in [9.17, 15) is 4.79 Å². The molecule has 0 saturated carbocycles. The standard InChI is InChI=1S/C9H14N4OS/c1-6-11-12-9(15-6)13-4-2-3-7(5-13)8(10)14/h7H,2-5H2,1H3,(H2,10,14). The van der Waals surface area contributed by atoms with E-state index in [1.807, 2.05) is 6.92 Å². The van der Waals surface area contributed by atoms with Crippen LogP contribution in [0.2, 0.25) is 0 Å². The average Bonchev–Trinajstić information content (AvgIpc) is 2.65. The van der Waals surface area contributed by atoms with Crippen LogP contribution in [0.3, 0.4) is 0 Å². The summed E-state index contributed by atoms with van der Waals surface area (Å²) in [5.41, 5.74) is 5.31. The highest BCUT2D eigenvalue weighted by atomic mass is 32.1. The predicted molar refractivity (Wildman–Crippen MR) is 58.8 cm³/mol. The third kappa shape index (κ3) is 2.26. The van der Waals surface area contributed by atoms with Gasteiger partial charge in [0.05, 0.1) is 5.92 Å². The van der Waals surface area contributed by atoms with Gasteiger partial charge in [0.1, 0.15) is 5.01 Å². The number of carbonyl (C=O) groups is 1. The second kappa shape index (κ2) is 4.14. The SMILES string of the molecule is Cc1nnc(N2CCCC(C(N)=O)C2)s1. The molecule has 1 aromatic rings. The molecule has 0 spiro atoms. The molecule has 0 aliphatic carbocycles. The van der Waals surface area contributed by atoms with Crippen LogP contribution in [-0.4, -0.2) is 29.2 Å². The number of carbonyl (C=O) groups excluding carboxylic acids is 1. The average molecular weight is 226 g/mol. The summed E-state index contributed by atoms with van der Waals surface area (Å²) in [5, 5.41) is 9.90. The molecule has 2 N–H and O–H groups in total. The van der Waals surface area contributed by atoms with Crippen LogP contribution in [-0.2, 0) is 4.79 Å². The summed E-state index contributed by atoms with van der Waals surface area (Å²) in [6.45, 7) is 3.55. The Morgan fingerprint density at radius 3 is 3.00 bits per heavy atom. The summed E-state index contributed by atoms with van der Waals surface area (Å²) in [4.78, 5) is 13.2. The third-order valence-electron chi connectivity index (χ3n) is 2.61. The first-order valence-corrected chi connectivity index (χ1v) is 5.83. The van der Waals surface area contributed by atoms with Crippen LogP contribution in [0, 0.1) is 12.8 Å². The number of aryl methyl sites for hydroxylation is 1. The van der Waals surface area contributed by atoms with Crippen molar-refractivity contribution >= 4 is 22.4 Å². The van der Waals surface area contributed by atoms with Gasteiger partial charge >= 0.3 is 0 Å². The van der Waals surface area contributed by atoms with Gasteiger partial charge in [0.25, 0.3) is 0 Å². The monoisotopic (exact) mass is 226 g/mol. The molecular formula is C9H14N4OS. The van der Waals surface area contributed by atoms with Crippen molar-refractivity contribution in [1.29, 1.82) is 0 Å². The van der Waals surface area contributed by atoms with Crippen LogP contribution >= 0.6 is 11.3 Å². The summed E-state index contributed by atoms with van der Waals surface area (Å²) in [7, 11) is 0. The van der Waals surface area contributed by atoms with Crippen LogP contribution in [0.5, 0.6) is 0 Å². The van der Waals surface area contributed by atoms with Gasteiger partial charge in [-0.2, -0.15) is 0 Å². The van der Waals surface area contributed by atoms with Gasteiger partial charge in [-0.3, -0.25) is 4.79 Å². The maximum atomic E-state index is 11.1. The highest BCUT2D eigenvalue weighted by Gasteiger charge is 2.25. The van der Waals surface area contributed by atoms with E-state index in [0.29, 0.717) is 6.54 Å². The Morgan fingerprint density at radius 2 is 2.40 bits per heavy atom. The molecule has 2 heterocycles. The fourth-order valence-electron chi connectivity index (χ4n) is 1.80. The molecule has 1 fully saturated rings. The molecule has 82 valence electrons. The Kier molecular flexibility index (Phi) is 2.86. The lowest BCUT2D eigenvalue weighted by atomic mass is 9.98. The van der Waals surface area contributed by atoms with Gasteiger partial charge in [-0.05, 0) is 19.8 Å². The second-order valence-corrected chi connectivity index (χ2v) is 4.95. The largest absolute Gasteiger partial charge is 0.369 e. The summed E-state index contributed by atoms with van der Waals surface area (Å²) in [5.74, 6) is -0.246. The van der Waals surface area contributed by atoms with Gasteiger partial charge < -0.3 is 10.6 Å². The Labute approximate surface area is 92.3 Å². The zero-order valence-electron chi connectivity index (χ0n) is 8.64. The minimum Gasteiger partial charge on any atom is -0.369 e. The Morgan fingerprint density at radius 1 is 1.60 bits per heavy atom. The number of rotatable bonds is 2.